The standard InChI is InChI=1S/C23H22FN3O2/c1-15-13-16(24)7-8-17(15)22(28)27-11-9-23(10-12-27)19-14-25-26(2)21(19)18-5-3-4-6-20(18)29-23/h3-8,13-14H,9-12H2,1-2H3. The summed E-state index contributed by atoms with van der Waals surface area (Å²) in [5, 5.41) is 4.49. The van der Waals surface area contributed by atoms with Crippen LogP contribution in [0.15, 0.2) is 48.7 Å². The number of benzene rings is 2. The van der Waals surface area contributed by atoms with Crippen LogP contribution in [-0.2, 0) is 12.6 Å². The van der Waals surface area contributed by atoms with Crippen molar-refractivity contribution < 1.29 is 13.9 Å². The Balaban J connectivity index is 1.43. The molecule has 2 aromatic carbocycles. The predicted octanol–water partition coefficient (Wildman–Crippen LogP) is 4.06. The summed E-state index contributed by atoms with van der Waals surface area (Å²) in [5.74, 6) is 0.479. The molecule has 1 aromatic heterocycles. The lowest BCUT2D eigenvalue weighted by atomic mass is 9.81. The molecule has 0 N–H and O–H groups in total. The van der Waals surface area contributed by atoms with Crippen molar-refractivity contribution in [2.45, 2.75) is 25.4 Å². The van der Waals surface area contributed by atoms with E-state index >= 15 is 0 Å². The fourth-order valence-electron chi connectivity index (χ4n) is 4.59. The molecule has 29 heavy (non-hydrogen) atoms. The van der Waals surface area contributed by atoms with Crippen molar-refractivity contribution in [1.82, 2.24) is 14.7 Å². The van der Waals surface area contributed by atoms with Gasteiger partial charge in [-0.25, -0.2) is 4.39 Å². The van der Waals surface area contributed by atoms with Crippen LogP contribution in [0.5, 0.6) is 5.75 Å². The highest BCUT2D eigenvalue weighted by atomic mass is 19.1. The summed E-state index contributed by atoms with van der Waals surface area (Å²) in [6.45, 7) is 2.92. The highest BCUT2D eigenvalue weighted by Crippen LogP contribution is 2.49. The molecule has 0 atom stereocenters. The first kappa shape index (κ1) is 17.9. The molecular formula is C23H22FN3O2. The van der Waals surface area contributed by atoms with E-state index in [-0.39, 0.29) is 11.7 Å². The van der Waals surface area contributed by atoms with Crippen molar-refractivity contribution in [2.75, 3.05) is 13.1 Å². The van der Waals surface area contributed by atoms with Gasteiger partial charge in [0.1, 0.15) is 17.2 Å². The quantitative estimate of drug-likeness (QED) is 0.629. The Bertz CT molecular complexity index is 1110. The number of aryl methyl sites for hydroxylation is 2. The van der Waals surface area contributed by atoms with Crippen LogP contribution in [0.1, 0.15) is 34.3 Å². The topological polar surface area (TPSA) is 47.4 Å². The van der Waals surface area contributed by atoms with Crippen molar-refractivity contribution in [3.8, 4) is 17.0 Å². The van der Waals surface area contributed by atoms with Crippen LogP contribution in [-0.4, -0.2) is 33.7 Å². The minimum Gasteiger partial charge on any atom is -0.482 e. The molecule has 2 aliphatic rings. The number of carbonyl (C=O) groups excluding carboxylic acids is 1. The molecule has 3 heterocycles. The number of hydrogen-bond acceptors (Lipinski definition) is 3. The maximum atomic E-state index is 13.4. The second kappa shape index (κ2) is 6.44. The third-order valence-corrected chi connectivity index (χ3v) is 6.15. The number of carbonyl (C=O) groups is 1. The Morgan fingerprint density at radius 3 is 2.69 bits per heavy atom. The summed E-state index contributed by atoms with van der Waals surface area (Å²) < 4.78 is 21.8. The highest BCUT2D eigenvalue weighted by molar-refractivity contribution is 5.95. The third-order valence-electron chi connectivity index (χ3n) is 6.15. The number of halogens is 1. The number of amides is 1. The van der Waals surface area contributed by atoms with Crippen LogP contribution >= 0.6 is 0 Å². The van der Waals surface area contributed by atoms with Crippen LogP contribution in [0.25, 0.3) is 11.3 Å². The number of para-hydroxylation sites is 1. The molecule has 0 saturated carbocycles. The third kappa shape index (κ3) is 2.74. The van der Waals surface area contributed by atoms with Crippen molar-refractivity contribution >= 4 is 5.91 Å². The summed E-state index contributed by atoms with van der Waals surface area (Å²) in [4.78, 5) is 14.8. The van der Waals surface area contributed by atoms with Gasteiger partial charge in [-0.05, 0) is 42.8 Å². The lowest BCUT2D eigenvalue weighted by Gasteiger charge is -2.44. The molecule has 1 saturated heterocycles. The predicted molar refractivity (Wildman–Crippen MR) is 107 cm³/mol. The highest BCUT2D eigenvalue weighted by Gasteiger charge is 2.45. The van der Waals surface area contributed by atoms with Gasteiger partial charge in [-0.15, -0.1) is 0 Å². The zero-order valence-electron chi connectivity index (χ0n) is 16.5. The van der Waals surface area contributed by atoms with Crippen LogP contribution < -0.4 is 4.74 Å². The van der Waals surface area contributed by atoms with E-state index in [0.717, 1.165) is 22.6 Å². The van der Waals surface area contributed by atoms with Gasteiger partial charge in [0.15, 0.2) is 0 Å². The van der Waals surface area contributed by atoms with E-state index in [1.165, 1.54) is 12.1 Å². The van der Waals surface area contributed by atoms with Gasteiger partial charge in [0.05, 0.1) is 11.9 Å². The fourth-order valence-corrected chi connectivity index (χ4v) is 4.59. The number of piperidine rings is 1. The minimum atomic E-state index is -0.480. The van der Waals surface area contributed by atoms with Crippen molar-refractivity contribution in [2.24, 2.45) is 7.05 Å². The Kier molecular flexibility index (Phi) is 3.98. The number of aromatic nitrogens is 2. The van der Waals surface area contributed by atoms with Gasteiger partial charge < -0.3 is 9.64 Å². The number of fused-ring (bicyclic) bond motifs is 4. The monoisotopic (exact) mass is 391 g/mol. The number of likely N-dealkylation sites (tertiary alicyclic amines) is 1. The Labute approximate surface area is 168 Å². The van der Waals surface area contributed by atoms with Crippen LogP contribution in [0.2, 0.25) is 0 Å². The van der Waals surface area contributed by atoms with Gasteiger partial charge in [0.2, 0.25) is 0 Å². The summed E-state index contributed by atoms with van der Waals surface area (Å²) >= 11 is 0. The number of nitrogens with zero attached hydrogens (tertiary/aromatic N) is 3. The average Bonchev–Trinajstić information content (AvgIpc) is 3.11. The summed E-state index contributed by atoms with van der Waals surface area (Å²) in [5.41, 5.74) is 3.96. The van der Waals surface area contributed by atoms with Crippen molar-refractivity contribution in [3.05, 3.63) is 71.2 Å². The number of ether oxygens (including phenoxy) is 1. The molecule has 1 fully saturated rings. The maximum Gasteiger partial charge on any atom is 0.254 e. The van der Waals surface area contributed by atoms with E-state index in [0.29, 0.717) is 37.1 Å². The Morgan fingerprint density at radius 2 is 1.93 bits per heavy atom. The largest absolute Gasteiger partial charge is 0.482 e. The molecule has 5 nitrogen and oxygen atoms in total. The molecule has 0 radical (unpaired) electrons. The minimum absolute atomic E-state index is 0.0556. The first-order valence-electron chi connectivity index (χ1n) is 9.85. The smallest absolute Gasteiger partial charge is 0.254 e. The first-order valence-corrected chi connectivity index (χ1v) is 9.85. The lowest BCUT2D eigenvalue weighted by Crippen LogP contribution is -2.49. The molecule has 0 unspecified atom stereocenters. The van der Waals surface area contributed by atoms with Gasteiger partial charge in [-0.1, -0.05) is 12.1 Å². The van der Waals surface area contributed by atoms with Crippen molar-refractivity contribution in [1.29, 1.82) is 0 Å². The van der Waals surface area contributed by atoms with Gasteiger partial charge in [0.25, 0.3) is 5.91 Å². The van der Waals surface area contributed by atoms with Gasteiger partial charge in [0, 0.05) is 49.7 Å². The van der Waals surface area contributed by atoms with Gasteiger partial charge in [-0.3, -0.25) is 9.48 Å². The number of hydrogen-bond donors (Lipinski definition) is 0. The van der Waals surface area contributed by atoms with E-state index in [9.17, 15) is 9.18 Å². The normalized spacial score (nSPS) is 16.9. The molecule has 0 bridgehead atoms. The molecule has 148 valence electrons. The molecule has 2 aliphatic heterocycles. The number of rotatable bonds is 1. The van der Waals surface area contributed by atoms with E-state index < -0.39 is 5.60 Å². The summed E-state index contributed by atoms with van der Waals surface area (Å²) in [6, 6.07) is 12.3. The fraction of sp³-hybridized carbons (Fsp3) is 0.304. The van der Waals surface area contributed by atoms with Gasteiger partial charge in [-0.2, -0.15) is 5.10 Å². The van der Waals surface area contributed by atoms with Crippen molar-refractivity contribution in [3.63, 3.8) is 0 Å². The zero-order valence-corrected chi connectivity index (χ0v) is 16.5. The second-order valence-corrected chi connectivity index (χ2v) is 7.87. The maximum absolute atomic E-state index is 13.4. The van der Waals surface area contributed by atoms with Gasteiger partial charge >= 0.3 is 0 Å². The molecule has 5 rings (SSSR count). The first-order chi connectivity index (χ1) is 14.0. The lowest BCUT2D eigenvalue weighted by molar-refractivity contribution is -0.00174. The van der Waals surface area contributed by atoms with Crippen LogP contribution in [0.3, 0.4) is 0 Å². The summed E-state index contributed by atoms with van der Waals surface area (Å²) in [6.07, 6.45) is 3.27. The average molecular weight is 391 g/mol. The van der Waals surface area contributed by atoms with E-state index in [2.05, 4.69) is 11.2 Å². The van der Waals surface area contributed by atoms with E-state index in [1.807, 2.05) is 41.0 Å². The molecular weight excluding hydrogens is 369 g/mol. The second-order valence-electron chi connectivity index (χ2n) is 7.87. The van der Waals surface area contributed by atoms with Crippen LogP contribution in [0, 0.1) is 12.7 Å². The SMILES string of the molecule is Cc1cc(F)ccc1C(=O)N1CCC2(CC1)Oc1ccccc1-c1c2cnn1C. The molecule has 1 spiro atoms. The Morgan fingerprint density at radius 1 is 1.17 bits per heavy atom. The summed E-state index contributed by atoms with van der Waals surface area (Å²) in [7, 11) is 1.95. The van der Waals surface area contributed by atoms with E-state index in [4.69, 9.17) is 4.74 Å². The zero-order chi connectivity index (χ0) is 20.2. The molecule has 6 heteroatoms. The molecule has 1 amide bonds. The van der Waals surface area contributed by atoms with Crippen LogP contribution in [0.4, 0.5) is 4.39 Å². The Hall–Kier alpha value is -3.15. The molecule has 0 aliphatic carbocycles. The molecule has 3 aromatic rings. The van der Waals surface area contributed by atoms with E-state index in [1.54, 1.807) is 13.0 Å².